The van der Waals surface area contributed by atoms with Crippen molar-refractivity contribution < 1.29 is 18.0 Å². The molecule has 0 spiro atoms. The number of hydrogen-bond donors (Lipinski definition) is 1. The van der Waals surface area contributed by atoms with Crippen molar-refractivity contribution in [3.8, 4) is 0 Å². The van der Waals surface area contributed by atoms with E-state index in [1.807, 2.05) is 81.4 Å². The van der Waals surface area contributed by atoms with Crippen LogP contribution in [0.4, 0.5) is 5.69 Å². The van der Waals surface area contributed by atoms with E-state index in [0.29, 0.717) is 23.7 Å². The van der Waals surface area contributed by atoms with Gasteiger partial charge in [0.2, 0.25) is 21.8 Å². The number of anilines is 1. The van der Waals surface area contributed by atoms with Gasteiger partial charge in [0.25, 0.3) is 0 Å². The minimum atomic E-state index is -3.58. The molecule has 1 N–H and O–H groups in total. The monoisotopic (exact) mass is 597 g/mol. The number of nitrogens with zero attached hydrogens (tertiary/aromatic N) is 2. The summed E-state index contributed by atoms with van der Waals surface area (Å²) in [4.78, 5) is 28.9. The van der Waals surface area contributed by atoms with Crippen molar-refractivity contribution >= 4 is 39.1 Å². The van der Waals surface area contributed by atoms with Crippen LogP contribution in [-0.4, -0.2) is 50.5 Å². The molecule has 3 aromatic carbocycles. The van der Waals surface area contributed by atoms with Gasteiger partial charge in [-0.05, 0) is 61.1 Å². The molecule has 1 unspecified atom stereocenters. The van der Waals surface area contributed by atoms with E-state index < -0.39 is 16.1 Å². The number of nitrogens with one attached hydrogen (secondary N) is 1. The predicted molar refractivity (Wildman–Crippen MR) is 167 cm³/mol. The molecular formula is C32H40ClN3O4S. The third-order valence-corrected chi connectivity index (χ3v) is 8.66. The van der Waals surface area contributed by atoms with Crippen molar-refractivity contribution in [2.75, 3.05) is 23.7 Å². The van der Waals surface area contributed by atoms with E-state index in [-0.39, 0.29) is 37.7 Å². The number of carbonyl (C=O) groups is 2. The Kier molecular flexibility index (Phi) is 11.8. The van der Waals surface area contributed by atoms with Crippen molar-refractivity contribution in [3.63, 3.8) is 0 Å². The van der Waals surface area contributed by atoms with E-state index in [9.17, 15) is 18.0 Å². The smallest absolute Gasteiger partial charge is 0.243 e. The average Bonchev–Trinajstić information content (AvgIpc) is 2.94. The minimum absolute atomic E-state index is 0.0632. The number of sulfonamides is 1. The van der Waals surface area contributed by atoms with E-state index in [1.54, 1.807) is 17.0 Å². The van der Waals surface area contributed by atoms with Crippen LogP contribution in [0.3, 0.4) is 0 Å². The van der Waals surface area contributed by atoms with Gasteiger partial charge in [-0.1, -0.05) is 79.2 Å². The molecule has 3 rings (SSSR count). The molecule has 2 amide bonds. The van der Waals surface area contributed by atoms with Gasteiger partial charge in [-0.3, -0.25) is 13.9 Å². The second-order valence-corrected chi connectivity index (χ2v) is 12.6. The number of carbonyl (C=O) groups excluding carboxylic acids is 2. The van der Waals surface area contributed by atoms with Crippen molar-refractivity contribution in [3.05, 3.63) is 100 Å². The molecule has 0 aliphatic heterocycles. The number of aryl methyl sites for hydroxylation is 1. The molecule has 0 aliphatic carbocycles. The maximum Gasteiger partial charge on any atom is 0.243 e. The lowest BCUT2D eigenvalue weighted by Gasteiger charge is -2.32. The first kappa shape index (κ1) is 32.2. The van der Waals surface area contributed by atoms with Crippen LogP contribution in [0.1, 0.15) is 48.4 Å². The number of hydrogen-bond acceptors (Lipinski definition) is 4. The molecule has 220 valence electrons. The summed E-state index contributed by atoms with van der Waals surface area (Å²) in [5.74, 6) is -0.476. The second-order valence-electron chi connectivity index (χ2n) is 10.3. The van der Waals surface area contributed by atoms with E-state index in [2.05, 4.69) is 5.32 Å². The molecular weight excluding hydrogens is 558 g/mol. The highest BCUT2D eigenvalue weighted by atomic mass is 35.5. The summed E-state index contributed by atoms with van der Waals surface area (Å²) in [5.41, 5.74) is 4.13. The molecule has 0 saturated heterocycles. The van der Waals surface area contributed by atoms with Gasteiger partial charge in [0.15, 0.2) is 0 Å². The predicted octanol–water partition coefficient (Wildman–Crippen LogP) is 5.67. The molecule has 0 heterocycles. The topological polar surface area (TPSA) is 86.8 Å². The van der Waals surface area contributed by atoms with Crippen LogP contribution < -0.4 is 9.62 Å². The molecule has 0 aliphatic rings. The first-order valence-electron chi connectivity index (χ1n) is 13.9. The number of halogens is 1. The Bertz CT molecular complexity index is 1430. The number of amides is 2. The molecule has 9 heteroatoms. The van der Waals surface area contributed by atoms with Crippen LogP contribution in [0.5, 0.6) is 0 Å². The standard InChI is InChI=1S/C32H40ClN3O4S/c1-5-20-34-32(38)30(22-26-14-7-6-8-15-26)35(23-27-16-9-10-17-28(27)33)31(37)19-12-21-36(41(4,39)40)29-18-11-13-24(2)25(29)3/h6-11,13-18,30H,5,12,19-23H2,1-4H3,(H,34,38). The highest BCUT2D eigenvalue weighted by Crippen LogP contribution is 2.26. The second kappa shape index (κ2) is 15.0. The molecule has 0 saturated carbocycles. The van der Waals surface area contributed by atoms with Gasteiger partial charge >= 0.3 is 0 Å². The summed E-state index contributed by atoms with van der Waals surface area (Å²) < 4.78 is 26.9. The molecule has 3 aromatic rings. The summed E-state index contributed by atoms with van der Waals surface area (Å²) in [6, 6.07) is 21.6. The van der Waals surface area contributed by atoms with E-state index in [4.69, 9.17) is 11.6 Å². The molecule has 0 bridgehead atoms. The third-order valence-electron chi connectivity index (χ3n) is 7.12. The van der Waals surface area contributed by atoms with Gasteiger partial charge in [0, 0.05) is 37.5 Å². The lowest BCUT2D eigenvalue weighted by atomic mass is 10.0. The van der Waals surface area contributed by atoms with E-state index in [1.165, 1.54) is 10.6 Å². The summed E-state index contributed by atoms with van der Waals surface area (Å²) in [6.45, 7) is 6.59. The van der Waals surface area contributed by atoms with Gasteiger partial charge in [-0.2, -0.15) is 0 Å². The van der Waals surface area contributed by atoms with Crippen LogP contribution in [0.25, 0.3) is 0 Å². The normalized spacial score (nSPS) is 12.0. The van der Waals surface area contributed by atoms with Crippen molar-refractivity contribution in [2.24, 2.45) is 0 Å². The van der Waals surface area contributed by atoms with Crippen LogP contribution in [-0.2, 0) is 32.6 Å². The molecule has 1 atom stereocenters. The average molecular weight is 598 g/mol. The van der Waals surface area contributed by atoms with Crippen molar-refractivity contribution in [1.82, 2.24) is 10.2 Å². The van der Waals surface area contributed by atoms with Crippen molar-refractivity contribution in [1.29, 1.82) is 0 Å². The lowest BCUT2D eigenvalue weighted by Crippen LogP contribution is -2.50. The summed E-state index contributed by atoms with van der Waals surface area (Å²) in [6.07, 6.45) is 2.63. The Balaban J connectivity index is 1.90. The summed E-state index contributed by atoms with van der Waals surface area (Å²) in [5, 5.41) is 3.47. The Labute approximate surface area is 249 Å². The Morgan fingerprint density at radius 1 is 0.951 bits per heavy atom. The number of benzene rings is 3. The summed E-state index contributed by atoms with van der Waals surface area (Å²) >= 11 is 6.48. The Hall–Kier alpha value is -3.36. The highest BCUT2D eigenvalue weighted by Gasteiger charge is 2.31. The quantitative estimate of drug-likeness (QED) is 0.259. The zero-order valence-corrected chi connectivity index (χ0v) is 25.8. The SMILES string of the molecule is CCCNC(=O)C(Cc1ccccc1)N(Cc1ccccc1Cl)C(=O)CCCN(c1cccc(C)c1C)S(C)(=O)=O. The van der Waals surface area contributed by atoms with Gasteiger partial charge in [-0.25, -0.2) is 8.42 Å². The van der Waals surface area contributed by atoms with E-state index >= 15 is 0 Å². The highest BCUT2D eigenvalue weighted by molar-refractivity contribution is 7.92. The third kappa shape index (κ3) is 9.07. The van der Waals surface area contributed by atoms with Gasteiger partial charge in [0.1, 0.15) is 6.04 Å². The lowest BCUT2D eigenvalue weighted by molar-refractivity contribution is -0.141. The van der Waals surface area contributed by atoms with Crippen LogP contribution in [0.15, 0.2) is 72.8 Å². The maximum absolute atomic E-state index is 13.9. The molecule has 0 aromatic heterocycles. The fourth-order valence-corrected chi connectivity index (χ4v) is 5.93. The first-order valence-corrected chi connectivity index (χ1v) is 16.1. The Morgan fingerprint density at radius 3 is 2.29 bits per heavy atom. The maximum atomic E-state index is 13.9. The largest absolute Gasteiger partial charge is 0.354 e. The zero-order valence-electron chi connectivity index (χ0n) is 24.3. The fourth-order valence-electron chi connectivity index (χ4n) is 4.72. The molecule has 41 heavy (non-hydrogen) atoms. The van der Waals surface area contributed by atoms with Gasteiger partial charge < -0.3 is 10.2 Å². The van der Waals surface area contributed by atoms with Crippen molar-refractivity contribution in [2.45, 2.75) is 59.0 Å². The Morgan fingerprint density at radius 2 is 1.63 bits per heavy atom. The molecule has 7 nitrogen and oxygen atoms in total. The number of rotatable bonds is 14. The molecule has 0 fully saturated rings. The zero-order chi connectivity index (χ0) is 30.0. The van der Waals surface area contributed by atoms with Gasteiger partial charge in [0.05, 0.1) is 11.9 Å². The molecule has 0 radical (unpaired) electrons. The fraction of sp³-hybridized carbons (Fsp3) is 0.375. The van der Waals surface area contributed by atoms with Crippen LogP contribution >= 0.6 is 11.6 Å². The van der Waals surface area contributed by atoms with Crippen LogP contribution in [0.2, 0.25) is 5.02 Å². The minimum Gasteiger partial charge on any atom is -0.354 e. The van der Waals surface area contributed by atoms with Gasteiger partial charge in [-0.15, -0.1) is 0 Å². The summed E-state index contributed by atoms with van der Waals surface area (Å²) in [7, 11) is -3.58. The van der Waals surface area contributed by atoms with Crippen LogP contribution in [0, 0.1) is 13.8 Å². The van der Waals surface area contributed by atoms with E-state index in [0.717, 1.165) is 28.7 Å². The first-order chi connectivity index (χ1) is 19.5.